The minimum atomic E-state index is -4.07. The molecule has 6 heteroatoms. The van der Waals surface area contributed by atoms with Crippen molar-refractivity contribution in [3.05, 3.63) is 18.2 Å². The van der Waals surface area contributed by atoms with Crippen LogP contribution < -0.4 is 5.32 Å². The first-order chi connectivity index (χ1) is 8.38. The van der Waals surface area contributed by atoms with Gasteiger partial charge < -0.3 is 9.88 Å². The van der Waals surface area contributed by atoms with Gasteiger partial charge in [0.05, 0.1) is 12.0 Å². The van der Waals surface area contributed by atoms with Gasteiger partial charge in [0.1, 0.15) is 0 Å². The second-order valence-corrected chi connectivity index (χ2v) is 4.82. The monoisotopic (exact) mass is 263 g/mol. The average molecular weight is 263 g/mol. The molecule has 0 unspecified atom stereocenters. The molecule has 1 N–H and O–H groups in total. The predicted molar refractivity (Wildman–Crippen MR) is 64.1 cm³/mol. The quantitative estimate of drug-likeness (QED) is 0.819. The van der Waals surface area contributed by atoms with Gasteiger partial charge in [-0.15, -0.1) is 0 Å². The first kappa shape index (κ1) is 15.0. The van der Waals surface area contributed by atoms with Crippen LogP contribution in [-0.2, 0) is 13.1 Å². The molecule has 1 aromatic rings. The van der Waals surface area contributed by atoms with Crippen LogP contribution in [0.25, 0.3) is 0 Å². The van der Waals surface area contributed by atoms with Crippen LogP contribution in [0, 0.1) is 5.92 Å². The van der Waals surface area contributed by atoms with Crippen LogP contribution in [0.15, 0.2) is 12.5 Å². The van der Waals surface area contributed by atoms with E-state index in [0.717, 1.165) is 12.2 Å². The summed E-state index contributed by atoms with van der Waals surface area (Å²) in [4.78, 5) is 3.98. The first-order valence-corrected chi connectivity index (χ1v) is 6.15. The van der Waals surface area contributed by atoms with E-state index < -0.39 is 12.6 Å². The van der Waals surface area contributed by atoms with Crippen molar-refractivity contribution in [3.8, 4) is 0 Å². The fourth-order valence-electron chi connectivity index (χ4n) is 1.64. The molecule has 1 rings (SSSR count). The molecule has 0 bridgehead atoms. The second kappa shape index (κ2) is 6.78. The molecule has 0 saturated carbocycles. The lowest BCUT2D eigenvalue weighted by atomic mass is 10.2. The zero-order chi connectivity index (χ0) is 13.6. The lowest BCUT2D eigenvalue weighted by molar-refractivity contribution is -0.135. The summed E-state index contributed by atoms with van der Waals surface area (Å²) < 4.78 is 37.9. The number of aromatic nitrogens is 2. The Bertz CT molecular complexity index is 345. The second-order valence-electron chi connectivity index (χ2n) is 4.82. The largest absolute Gasteiger partial charge is 0.389 e. The zero-order valence-corrected chi connectivity index (χ0v) is 10.8. The number of nitrogens with zero attached hydrogens (tertiary/aromatic N) is 2. The van der Waals surface area contributed by atoms with Crippen molar-refractivity contribution in [1.29, 1.82) is 0 Å². The van der Waals surface area contributed by atoms with Crippen molar-refractivity contribution in [2.45, 2.75) is 46.0 Å². The first-order valence-electron chi connectivity index (χ1n) is 6.15. The van der Waals surface area contributed by atoms with E-state index in [1.807, 2.05) is 0 Å². The number of aryl methyl sites for hydroxylation is 1. The highest BCUT2D eigenvalue weighted by atomic mass is 19.4. The van der Waals surface area contributed by atoms with E-state index in [0.29, 0.717) is 19.0 Å². The summed E-state index contributed by atoms with van der Waals surface area (Å²) in [5.41, 5.74) is 0.929. The molecule has 3 nitrogen and oxygen atoms in total. The van der Waals surface area contributed by atoms with Crippen LogP contribution in [0.2, 0.25) is 0 Å². The van der Waals surface area contributed by atoms with Crippen LogP contribution in [0.3, 0.4) is 0 Å². The minimum Gasteiger partial charge on any atom is -0.333 e. The van der Waals surface area contributed by atoms with Crippen LogP contribution in [-0.4, -0.2) is 22.3 Å². The molecule has 0 amide bonds. The fourth-order valence-corrected chi connectivity index (χ4v) is 1.64. The highest BCUT2D eigenvalue weighted by Crippen LogP contribution is 2.21. The van der Waals surface area contributed by atoms with Crippen molar-refractivity contribution in [2.75, 3.05) is 6.54 Å². The normalized spacial score (nSPS) is 12.3. The van der Waals surface area contributed by atoms with Crippen molar-refractivity contribution < 1.29 is 13.2 Å². The number of imidazole rings is 1. The predicted octanol–water partition coefficient (Wildman–Crippen LogP) is 2.97. The van der Waals surface area contributed by atoms with E-state index in [1.165, 1.54) is 0 Å². The Hall–Kier alpha value is -1.04. The Labute approximate surface area is 105 Å². The van der Waals surface area contributed by atoms with Gasteiger partial charge >= 0.3 is 6.18 Å². The topological polar surface area (TPSA) is 29.9 Å². The molecule has 0 aromatic carbocycles. The Kier molecular flexibility index (Phi) is 5.65. The van der Waals surface area contributed by atoms with Gasteiger partial charge in [-0.05, 0) is 18.9 Å². The SMILES string of the molecule is CC(C)CNCc1cncn1CCCC(F)(F)F. The summed E-state index contributed by atoms with van der Waals surface area (Å²) >= 11 is 0. The number of nitrogens with one attached hydrogen (secondary N) is 1. The molecular weight excluding hydrogens is 243 g/mol. The summed E-state index contributed by atoms with van der Waals surface area (Å²) in [5, 5.41) is 3.25. The smallest absolute Gasteiger partial charge is 0.333 e. The van der Waals surface area contributed by atoms with Crippen LogP contribution in [0.4, 0.5) is 13.2 Å². The summed E-state index contributed by atoms with van der Waals surface area (Å²) in [6.07, 6.45) is -1.44. The number of rotatable bonds is 7. The molecule has 1 aromatic heterocycles. The van der Waals surface area contributed by atoms with E-state index in [2.05, 4.69) is 24.1 Å². The summed E-state index contributed by atoms with van der Waals surface area (Å²) in [6.45, 7) is 6.09. The Balaban J connectivity index is 2.35. The maximum atomic E-state index is 12.0. The zero-order valence-electron chi connectivity index (χ0n) is 10.8. The summed E-state index contributed by atoms with van der Waals surface area (Å²) in [7, 11) is 0. The molecule has 0 fully saturated rings. The van der Waals surface area contributed by atoms with Gasteiger partial charge in [0, 0.05) is 25.7 Å². The van der Waals surface area contributed by atoms with Crippen molar-refractivity contribution in [1.82, 2.24) is 14.9 Å². The highest BCUT2D eigenvalue weighted by molar-refractivity contribution is 4.97. The molecule has 0 saturated heterocycles. The highest BCUT2D eigenvalue weighted by Gasteiger charge is 2.26. The van der Waals surface area contributed by atoms with Crippen molar-refractivity contribution in [3.63, 3.8) is 0 Å². The van der Waals surface area contributed by atoms with E-state index in [-0.39, 0.29) is 6.42 Å². The van der Waals surface area contributed by atoms with Gasteiger partial charge in [-0.2, -0.15) is 13.2 Å². The van der Waals surface area contributed by atoms with E-state index >= 15 is 0 Å². The maximum Gasteiger partial charge on any atom is 0.389 e. The number of alkyl halides is 3. The van der Waals surface area contributed by atoms with Crippen molar-refractivity contribution >= 4 is 0 Å². The van der Waals surface area contributed by atoms with Gasteiger partial charge in [-0.1, -0.05) is 13.8 Å². The molecule has 0 aliphatic heterocycles. The Morgan fingerprint density at radius 3 is 2.72 bits per heavy atom. The lowest BCUT2D eigenvalue weighted by Crippen LogP contribution is -2.21. The van der Waals surface area contributed by atoms with Crippen LogP contribution in [0.5, 0.6) is 0 Å². The molecule has 0 atom stereocenters. The van der Waals surface area contributed by atoms with Gasteiger partial charge in [-0.25, -0.2) is 4.98 Å². The van der Waals surface area contributed by atoms with E-state index in [9.17, 15) is 13.2 Å². The standard InChI is InChI=1S/C12H20F3N3/c1-10(2)6-16-7-11-8-17-9-18(11)5-3-4-12(13,14)15/h8-10,16H,3-7H2,1-2H3. The number of halogens is 3. The number of hydrogen-bond acceptors (Lipinski definition) is 2. The molecule has 0 radical (unpaired) electrons. The minimum absolute atomic E-state index is 0.0943. The molecular formula is C12H20F3N3. The summed E-state index contributed by atoms with van der Waals surface area (Å²) in [6, 6.07) is 0. The average Bonchev–Trinajstić information content (AvgIpc) is 2.63. The van der Waals surface area contributed by atoms with E-state index in [1.54, 1.807) is 17.1 Å². The van der Waals surface area contributed by atoms with Gasteiger partial charge in [0.25, 0.3) is 0 Å². The van der Waals surface area contributed by atoms with Gasteiger partial charge in [-0.3, -0.25) is 0 Å². The van der Waals surface area contributed by atoms with E-state index in [4.69, 9.17) is 0 Å². The third kappa shape index (κ3) is 6.05. The van der Waals surface area contributed by atoms with Crippen LogP contribution in [0.1, 0.15) is 32.4 Å². The molecule has 0 aliphatic carbocycles. The van der Waals surface area contributed by atoms with Gasteiger partial charge in [0.2, 0.25) is 0 Å². The lowest BCUT2D eigenvalue weighted by Gasteiger charge is -2.11. The third-order valence-corrected chi connectivity index (χ3v) is 2.52. The third-order valence-electron chi connectivity index (χ3n) is 2.52. The number of hydrogen-bond donors (Lipinski definition) is 1. The maximum absolute atomic E-state index is 12.0. The Morgan fingerprint density at radius 1 is 1.39 bits per heavy atom. The fraction of sp³-hybridized carbons (Fsp3) is 0.750. The molecule has 0 spiro atoms. The molecule has 104 valence electrons. The molecule has 18 heavy (non-hydrogen) atoms. The van der Waals surface area contributed by atoms with Gasteiger partial charge in [0.15, 0.2) is 0 Å². The molecule has 1 heterocycles. The van der Waals surface area contributed by atoms with Crippen LogP contribution >= 0.6 is 0 Å². The summed E-state index contributed by atoms with van der Waals surface area (Å²) in [5.74, 6) is 0.548. The molecule has 0 aliphatic rings. The Morgan fingerprint density at radius 2 is 2.11 bits per heavy atom. The van der Waals surface area contributed by atoms with Crippen molar-refractivity contribution in [2.24, 2.45) is 5.92 Å².